The molecule has 1 aliphatic carbocycles. The van der Waals surface area contributed by atoms with Crippen molar-refractivity contribution < 1.29 is 19.0 Å². The fraction of sp³-hybridized carbons (Fsp3) is 0.474. The van der Waals surface area contributed by atoms with E-state index in [1.807, 2.05) is 13.8 Å². The van der Waals surface area contributed by atoms with Crippen molar-refractivity contribution >= 4 is 17.2 Å². The number of ether oxygens (including phenoxy) is 1. The number of aromatic nitrogens is 1. The van der Waals surface area contributed by atoms with Gasteiger partial charge < -0.3 is 15.2 Å². The van der Waals surface area contributed by atoms with E-state index in [2.05, 4.69) is 10.3 Å². The average Bonchev–Trinajstić information content (AvgIpc) is 2.87. The predicted octanol–water partition coefficient (Wildman–Crippen LogP) is 3.08. The zero-order valence-corrected chi connectivity index (χ0v) is 15.9. The molecular weight excluding hydrogens is 355 g/mol. The van der Waals surface area contributed by atoms with Crippen LogP contribution in [0.4, 0.5) is 4.39 Å². The van der Waals surface area contributed by atoms with Crippen LogP contribution in [0.25, 0.3) is 0 Å². The lowest BCUT2D eigenvalue weighted by molar-refractivity contribution is -0.122. The van der Waals surface area contributed by atoms with Gasteiger partial charge in [-0.05, 0) is 50.3 Å². The van der Waals surface area contributed by atoms with E-state index < -0.39 is 5.82 Å². The van der Waals surface area contributed by atoms with Gasteiger partial charge in [-0.3, -0.25) is 4.79 Å². The monoisotopic (exact) mass is 378 g/mol. The summed E-state index contributed by atoms with van der Waals surface area (Å²) in [7, 11) is 1.41. The topological polar surface area (TPSA) is 71.5 Å². The molecule has 0 aliphatic heterocycles. The number of hydrogen-bond acceptors (Lipinski definition) is 5. The number of benzene rings is 1. The standard InChI is InChI=1S/C19H23FN2O3S/c1-10-16(21-11(2)26-10)9-18(24)22-19(13-6-14(23)7-13)12-4-5-17(25-3)15(20)8-12/h4-5,8,13-14,19,23H,6-7,9H2,1-3H3,(H,22,24). The number of rotatable bonds is 6. The zero-order valence-electron chi connectivity index (χ0n) is 15.1. The van der Waals surface area contributed by atoms with Gasteiger partial charge in [0, 0.05) is 4.88 Å². The summed E-state index contributed by atoms with van der Waals surface area (Å²) in [6, 6.07) is 4.38. The maximum absolute atomic E-state index is 14.1. The highest BCUT2D eigenvalue weighted by Crippen LogP contribution is 2.39. The first-order valence-corrected chi connectivity index (χ1v) is 9.42. The molecule has 1 amide bonds. The number of aliphatic hydroxyl groups excluding tert-OH is 1. The van der Waals surface area contributed by atoms with E-state index in [0.717, 1.165) is 15.6 Å². The number of carbonyl (C=O) groups is 1. The number of aliphatic hydroxyl groups is 1. The Morgan fingerprint density at radius 1 is 1.46 bits per heavy atom. The van der Waals surface area contributed by atoms with Crippen molar-refractivity contribution in [1.82, 2.24) is 10.3 Å². The second-order valence-corrected chi connectivity index (χ2v) is 8.14. The van der Waals surface area contributed by atoms with Crippen LogP contribution in [-0.2, 0) is 11.2 Å². The van der Waals surface area contributed by atoms with Gasteiger partial charge in [0.25, 0.3) is 0 Å². The third-order valence-corrected chi connectivity index (χ3v) is 5.73. The van der Waals surface area contributed by atoms with E-state index in [1.165, 1.54) is 13.2 Å². The van der Waals surface area contributed by atoms with Crippen LogP contribution in [0.2, 0.25) is 0 Å². The number of methoxy groups -OCH3 is 1. The van der Waals surface area contributed by atoms with E-state index >= 15 is 0 Å². The second-order valence-electron chi connectivity index (χ2n) is 6.74. The van der Waals surface area contributed by atoms with Crippen molar-refractivity contribution in [1.29, 1.82) is 0 Å². The highest BCUT2D eigenvalue weighted by atomic mass is 32.1. The van der Waals surface area contributed by atoms with Crippen LogP contribution in [0.1, 0.15) is 40.0 Å². The summed E-state index contributed by atoms with van der Waals surface area (Å²) in [6.45, 7) is 3.86. The molecule has 0 spiro atoms. The molecule has 1 aromatic heterocycles. The van der Waals surface area contributed by atoms with Crippen LogP contribution >= 0.6 is 11.3 Å². The lowest BCUT2D eigenvalue weighted by Crippen LogP contribution is -2.42. The summed E-state index contributed by atoms with van der Waals surface area (Å²) in [5, 5.41) is 13.6. The molecule has 1 saturated carbocycles. The van der Waals surface area contributed by atoms with Crippen LogP contribution in [0.3, 0.4) is 0 Å². The summed E-state index contributed by atoms with van der Waals surface area (Å²) >= 11 is 1.57. The maximum atomic E-state index is 14.1. The van der Waals surface area contributed by atoms with E-state index in [9.17, 15) is 14.3 Å². The van der Waals surface area contributed by atoms with Gasteiger partial charge in [-0.15, -0.1) is 11.3 Å². The molecular formula is C19H23FN2O3S. The highest BCUT2D eigenvalue weighted by molar-refractivity contribution is 7.11. The molecule has 0 bridgehead atoms. The number of hydrogen-bond donors (Lipinski definition) is 2. The first-order valence-electron chi connectivity index (χ1n) is 8.61. The number of nitrogens with zero attached hydrogens (tertiary/aromatic N) is 1. The number of nitrogens with one attached hydrogen (secondary N) is 1. The van der Waals surface area contributed by atoms with Gasteiger partial charge >= 0.3 is 0 Å². The Hall–Kier alpha value is -1.99. The summed E-state index contributed by atoms with van der Waals surface area (Å²) in [5.41, 5.74) is 1.46. The first-order chi connectivity index (χ1) is 12.4. The van der Waals surface area contributed by atoms with Crippen molar-refractivity contribution in [3.63, 3.8) is 0 Å². The van der Waals surface area contributed by atoms with Gasteiger partial charge in [-0.1, -0.05) is 6.07 Å². The number of amides is 1. The Kier molecular flexibility index (Phi) is 5.58. The van der Waals surface area contributed by atoms with Gasteiger partial charge in [0.2, 0.25) is 5.91 Å². The zero-order chi connectivity index (χ0) is 18.8. The molecule has 2 aromatic rings. The van der Waals surface area contributed by atoms with E-state index in [4.69, 9.17) is 4.74 Å². The quantitative estimate of drug-likeness (QED) is 0.810. The Balaban J connectivity index is 1.77. The van der Waals surface area contributed by atoms with Gasteiger partial charge in [-0.2, -0.15) is 0 Å². The molecule has 140 valence electrons. The van der Waals surface area contributed by atoms with Crippen molar-refractivity contribution in [3.8, 4) is 5.75 Å². The number of aryl methyl sites for hydroxylation is 2. The normalized spacial score (nSPS) is 20.3. The van der Waals surface area contributed by atoms with Crippen molar-refractivity contribution in [2.75, 3.05) is 7.11 Å². The van der Waals surface area contributed by atoms with Crippen molar-refractivity contribution in [2.24, 2.45) is 5.92 Å². The third kappa shape index (κ3) is 4.04. The molecule has 1 aromatic carbocycles. The second kappa shape index (κ2) is 7.72. The summed E-state index contributed by atoms with van der Waals surface area (Å²) in [5.74, 6) is -0.364. The van der Waals surface area contributed by atoms with Gasteiger partial charge in [-0.25, -0.2) is 9.37 Å². The molecule has 0 saturated heterocycles. The minimum atomic E-state index is -0.463. The van der Waals surface area contributed by atoms with E-state index in [-0.39, 0.29) is 36.1 Å². The Bertz CT molecular complexity index is 802. The Morgan fingerprint density at radius 2 is 2.19 bits per heavy atom. The minimum absolute atomic E-state index is 0.0833. The fourth-order valence-corrected chi connectivity index (χ4v) is 4.20. The van der Waals surface area contributed by atoms with Gasteiger partial charge in [0.15, 0.2) is 11.6 Å². The van der Waals surface area contributed by atoms with Crippen LogP contribution in [0, 0.1) is 25.6 Å². The van der Waals surface area contributed by atoms with Crippen LogP contribution in [-0.4, -0.2) is 29.2 Å². The van der Waals surface area contributed by atoms with Gasteiger partial charge in [0.05, 0.1) is 36.4 Å². The molecule has 3 rings (SSSR count). The number of thiazole rings is 1. The predicted molar refractivity (Wildman–Crippen MR) is 97.9 cm³/mol. The molecule has 1 atom stereocenters. The third-order valence-electron chi connectivity index (χ3n) is 4.80. The van der Waals surface area contributed by atoms with Crippen LogP contribution < -0.4 is 10.1 Å². The van der Waals surface area contributed by atoms with Crippen molar-refractivity contribution in [3.05, 3.63) is 45.2 Å². The number of carbonyl (C=O) groups excluding carboxylic acids is 1. The minimum Gasteiger partial charge on any atom is -0.494 e. The fourth-order valence-electron chi connectivity index (χ4n) is 3.36. The van der Waals surface area contributed by atoms with Crippen LogP contribution in [0.5, 0.6) is 5.75 Å². The molecule has 1 heterocycles. The molecule has 26 heavy (non-hydrogen) atoms. The smallest absolute Gasteiger partial charge is 0.226 e. The number of halogens is 1. The molecule has 1 unspecified atom stereocenters. The van der Waals surface area contributed by atoms with Gasteiger partial charge in [0.1, 0.15) is 0 Å². The van der Waals surface area contributed by atoms with E-state index in [0.29, 0.717) is 18.4 Å². The summed E-state index contributed by atoms with van der Waals surface area (Å²) < 4.78 is 19.1. The maximum Gasteiger partial charge on any atom is 0.226 e. The average molecular weight is 378 g/mol. The largest absolute Gasteiger partial charge is 0.494 e. The summed E-state index contributed by atoms with van der Waals surface area (Å²) in [4.78, 5) is 18.0. The Morgan fingerprint density at radius 3 is 2.73 bits per heavy atom. The molecule has 1 fully saturated rings. The molecule has 1 aliphatic rings. The van der Waals surface area contributed by atoms with E-state index in [1.54, 1.807) is 23.5 Å². The molecule has 7 heteroatoms. The molecule has 5 nitrogen and oxygen atoms in total. The van der Waals surface area contributed by atoms with Crippen LogP contribution in [0.15, 0.2) is 18.2 Å². The molecule has 0 radical (unpaired) electrons. The first kappa shape index (κ1) is 18.8. The SMILES string of the molecule is COc1ccc(C(NC(=O)Cc2nc(C)sc2C)C2CC(O)C2)cc1F. The Labute approximate surface area is 156 Å². The molecule has 2 N–H and O–H groups in total. The summed E-state index contributed by atoms with van der Waals surface area (Å²) in [6.07, 6.45) is 1.02. The van der Waals surface area contributed by atoms with Crippen molar-refractivity contribution in [2.45, 2.75) is 45.3 Å². The highest BCUT2D eigenvalue weighted by Gasteiger charge is 2.36. The lowest BCUT2D eigenvalue weighted by Gasteiger charge is -2.38. The lowest BCUT2D eigenvalue weighted by atomic mass is 9.75.